The van der Waals surface area contributed by atoms with Crippen LogP contribution in [0.2, 0.25) is 0 Å². The first-order valence-corrected chi connectivity index (χ1v) is 14.5. The molecule has 0 saturated carbocycles. The van der Waals surface area contributed by atoms with Crippen molar-refractivity contribution in [2.45, 2.75) is 175 Å². The molecule has 0 aliphatic rings. The lowest BCUT2D eigenvalue weighted by Crippen LogP contribution is -1.94. The summed E-state index contributed by atoms with van der Waals surface area (Å²) in [5, 5.41) is 0. The highest BCUT2D eigenvalue weighted by molar-refractivity contribution is 4.81. The second-order valence-corrected chi connectivity index (χ2v) is 10.1. The minimum Gasteiger partial charge on any atom is -0.0885 e. The number of unbranched alkanes of at least 4 members (excludes halogenated alkanes) is 19. The number of rotatable bonds is 25. The first kappa shape index (κ1) is 29.7. The Morgan fingerprint density at radius 1 is 0.400 bits per heavy atom. The van der Waals surface area contributed by atoms with Gasteiger partial charge in [0.1, 0.15) is 0 Å². The first-order chi connectivity index (χ1) is 14.8. The van der Waals surface area contributed by atoms with Crippen molar-refractivity contribution in [2.24, 2.45) is 5.92 Å². The first-order valence-electron chi connectivity index (χ1n) is 14.5. The molecule has 0 fully saturated rings. The normalized spacial score (nSPS) is 12.8. The van der Waals surface area contributed by atoms with Gasteiger partial charge in [-0.15, -0.1) is 0 Å². The molecule has 1 atom stereocenters. The molecule has 0 amide bonds. The van der Waals surface area contributed by atoms with E-state index < -0.39 is 0 Å². The standard InChI is InChI=1S/C30H60/c1-4-6-8-9-10-11-12-13-14-15-16-17-18-19-20-21-22-23-24-25-27-29-30(3)28-26-7-5-2/h23-24,30H,4-22,25-29H2,1-3H3. The van der Waals surface area contributed by atoms with Gasteiger partial charge >= 0.3 is 0 Å². The maximum atomic E-state index is 2.45. The quantitative estimate of drug-likeness (QED) is 0.102. The summed E-state index contributed by atoms with van der Waals surface area (Å²) in [6, 6.07) is 0. The van der Waals surface area contributed by atoms with Gasteiger partial charge in [-0.05, 0) is 31.6 Å². The summed E-state index contributed by atoms with van der Waals surface area (Å²) in [7, 11) is 0. The van der Waals surface area contributed by atoms with Gasteiger partial charge in [-0.2, -0.15) is 0 Å². The highest BCUT2D eigenvalue weighted by atomic mass is 14.1. The number of allylic oxidation sites excluding steroid dienone is 2. The zero-order chi connectivity index (χ0) is 22.0. The lowest BCUT2D eigenvalue weighted by atomic mass is 9.97. The Kier molecular flexibility index (Phi) is 26.5. The van der Waals surface area contributed by atoms with Gasteiger partial charge in [-0.3, -0.25) is 0 Å². The smallest absolute Gasteiger partial charge is 0.0351 e. The Hall–Kier alpha value is -0.260. The van der Waals surface area contributed by atoms with E-state index in [2.05, 4.69) is 32.9 Å². The van der Waals surface area contributed by atoms with Crippen molar-refractivity contribution < 1.29 is 0 Å². The highest BCUT2D eigenvalue weighted by Crippen LogP contribution is 2.17. The van der Waals surface area contributed by atoms with Crippen molar-refractivity contribution in [3.8, 4) is 0 Å². The molecule has 0 N–H and O–H groups in total. The minimum atomic E-state index is 0.935. The van der Waals surface area contributed by atoms with E-state index in [4.69, 9.17) is 0 Å². The van der Waals surface area contributed by atoms with Crippen molar-refractivity contribution in [2.75, 3.05) is 0 Å². The molecule has 0 spiro atoms. The molecule has 0 radical (unpaired) electrons. The van der Waals surface area contributed by atoms with Crippen LogP contribution >= 0.6 is 0 Å². The van der Waals surface area contributed by atoms with Crippen LogP contribution in [-0.4, -0.2) is 0 Å². The lowest BCUT2D eigenvalue weighted by molar-refractivity contribution is 0.452. The SMILES string of the molecule is CCCCCCCCCCCCCCCCCCC=CCCCC(C)CCCCC. The van der Waals surface area contributed by atoms with E-state index >= 15 is 0 Å². The summed E-state index contributed by atoms with van der Waals surface area (Å²) in [6.07, 6.45) is 39.4. The molecular weight excluding hydrogens is 360 g/mol. The van der Waals surface area contributed by atoms with Crippen LogP contribution in [0.3, 0.4) is 0 Å². The molecule has 0 aromatic heterocycles. The largest absolute Gasteiger partial charge is 0.0885 e. The van der Waals surface area contributed by atoms with Gasteiger partial charge in [-0.25, -0.2) is 0 Å². The molecule has 0 bridgehead atoms. The summed E-state index contributed by atoms with van der Waals surface area (Å²) in [5.74, 6) is 0.935. The van der Waals surface area contributed by atoms with Gasteiger partial charge in [0, 0.05) is 0 Å². The molecule has 0 aromatic rings. The van der Waals surface area contributed by atoms with Crippen LogP contribution in [0.15, 0.2) is 12.2 Å². The second-order valence-electron chi connectivity index (χ2n) is 10.1. The number of hydrogen-bond donors (Lipinski definition) is 0. The molecule has 0 aliphatic carbocycles. The van der Waals surface area contributed by atoms with Crippen LogP contribution < -0.4 is 0 Å². The van der Waals surface area contributed by atoms with Gasteiger partial charge in [-0.1, -0.05) is 161 Å². The van der Waals surface area contributed by atoms with E-state index in [-0.39, 0.29) is 0 Å². The lowest BCUT2D eigenvalue weighted by Gasteiger charge is -2.09. The average molecular weight is 421 g/mol. The minimum absolute atomic E-state index is 0.935. The molecule has 1 unspecified atom stereocenters. The van der Waals surface area contributed by atoms with Crippen LogP contribution in [0.25, 0.3) is 0 Å². The summed E-state index contributed by atoms with van der Waals surface area (Å²) in [5.41, 5.74) is 0. The van der Waals surface area contributed by atoms with Gasteiger partial charge in [0.15, 0.2) is 0 Å². The van der Waals surface area contributed by atoms with Gasteiger partial charge in [0.05, 0.1) is 0 Å². The highest BCUT2D eigenvalue weighted by Gasteiger charge is 2.00. The molecule has 0 heterocycles. The van der Waals surface area contributed by atoms with E-state index in [9.17, 15) is 0 Å². The average Bonchev–Trinajstić information content (AvgIpc) is 2.75. The summed E-state index contributed by atoms with van der Waals surface area (Å²) < 4.78 is 0. The zero-order valence-electron chi connectivity index (χ0n) is 21.7. The molecule has 180 valence electrons. The van der Waals surface area contributed by atoms with E-state index in [0.29, 0.717) is 0 Å². The van der Waals surface area contributed by atoms with Crippen molar-refractivity contribution in [3.05, 3.63) is 12.2 Å². The fourth-order valence-electron chi connectivity index (χ4n) is 4.52. The maximum Gasteiger partial charge on any atom is -0.0351 e. The maximum absolute atomic E-state index is 2.45. The Labute approximate surface area is 193 Å². The predicted molar refractivity (Wildman–Crippen MR) is 140 cm³/mol. The van der Waals surface area contributed by atoms with Crippen LogP contribution in [0.1, 0.15) is 175 Å². The van der Waals surface area contributed by atoms with Gasteiger partial charge < -0.3 is 0 Å². The zero-order valence-corrected chi connectivity index (χ0v) is 21.7. The summed E-state index contributed by atoms with van der Waals surface area (Å²) in [6.45, 7) is 7.04. The van der Waals surface area contributed by atoms with Crippen molar-refractivity contribution >= 4 is 0 Å². The van der Waals surface area contributed by atoms with E-state index in [1.165, 1.54) is 154 Å². The third-order valence-corrected chi connectivity index (χ3v) is 6.76. The molecule has 0 heteroatoms. The van der Waals surface area contributed by atoms with Crippen molar-refractivity contribution in [1.82, 2.24) is 0 Å². The molecule has 0 rings (SSSR count). The third kappa shape index (κ3) is 25.8. The van der Waals surface area contributed by atoms with Crippen molar-refractivity contribution in [3.63, 3.8) is 0 Å². The molecule has 30 heavy (non-hydrogen) atoms. The molecule has 0 saturated heterocycles. The van der Waals surface area contributed by atoms with Gasteiger partial charge in [0.2, 0.25) is 0 Å². The fourth-order valence-corrected chi connectivity index (χ4v) is 4.52. The molecule has 0 nitrogen and oxygen atoms in total. The molecule has 0 aliphatic heterocycles. The van der Waals surface area contributed by atoms with Crippen molar-refractivity contribution in [1.29, 1.82) is 0 Å². The van der Waals surface area contributed by atoms with Gasteiger partial charge in [0.25, 0.3) is 0 Å². The topological polar surface area (TPSA) is 0 Å². The number of hydrogen-bond acceptors (Lipinski definition) is 0. The third-order valence-electron chi connectivity index (χ3n) is 6.76. The Balaban J connectivity index is 3.13. The Morgan fingerprint density at radius 3 is 1.20 bits per heavy atom. The molecular formula is C30H60. The summed E-state index contributed by atoms with van der Waals surface area (Å²) in [4.78, 5) is 0. The fraction of sp³-hybridized carbons (Fsp3) is 0.933. The van der Waals surface area contributed by atoms with Crippen LogP contribution in [0, 0.1) is 5.92 Å². The van der Waals surface area contributed by atoms with E-state index in [1.54, 1.807) is 0 Å². The Morgan fingerprint density at radius 2 is 0.733 bits per heavy atom. The van der Waals surface area contributed by atoms with Crippen LogP contribution in [0.4, 0.5) is 0 Å². The summed E-state index contributed by atoms with van der Waals surface area (Å²) >= 11 is 0. The second kappa shape index (κ2) is 26.8. The monoisotopic (exact) mass is 420 g/mol. The van der Waals surface area contributed by atoms with E-state index in [0.717, 1.165) is 5.92 Å². The Bertz CT molecular complexity index is 316. The van der Waals surface area contributed by atoms with Crippen LogP contribution in [-0.2, 0) is 0 Å². The van der Waals surface area contributed by atoms with Crippen LogP contribution in [0.5, 0.6) is 0 Å². The van der Waals surface area contributed by atoms with E-state index in [1.807, 2.05) is 0 Å². The molecule has 0 aromatic carbocycles. The predicted octanol–water partition coefficient (Wildman–Crippen LogP) is 11.6.